The highest BCUT2D eigenvalue weighted by Gasteiger charge is 2.29. The summed E-state index contributed by atoms with van der Waals surface area (Å²) in [6.07, 6.45) is 6.14. The Morgan fingerprint density at radius 2 is 1.86 bits per heavy atom. The van der Waals surface area contributed by atoms with Crippen molar-refractivity contribution >= 4 is 22.5 Å². The van der Waals surface area contributed by atoms with Crippen LogP contribution < -0.4 is 10.1 Å². The molecule has 0 spiro atoms. The largest absolute Gasteiger partial charge is 0.477 e. The summed E-state index contributed by atoms with van der Waals surface area (Å²) in [7, 11) is 4.01. The third-order valence-electron chi connectivity index (χ3n) is 9.22. The number of nitrogens with zero attached hydrogens (tertiary/aromatic N) is 10. The van der Waals surface area contributed by atoms with E-state index in [0.717, 1.165) is 80.2 Å². The van der Waals surface area contributed by atoms with E-state index in [2.05, 4.69) is 66.6 Å². The van der Waals surface area contributed by atoms with E-state index in [0.29, 0.717) is 36.0 Å². The van der Waals surface area contributed by atoms with Crippen LogP contribution in [0.4, 0.5) is 11.6 Å². The van der Waals surface area contributed by atoms with Gasteiger partial charge in [-0.1, -0.05) is 0 Å². The molecule has 0 radical (unpaired) electrons. The van der Waals surface area contributed by atoms with Crippen molar-refractivity contribution in [2.24, 2.45) is 14.1 Å². The van der Waals surface area contributed by atoms with Gasteiger partial charge in [0.2, 0.25) is 5.88 Å². The molecule has 0 aromatic carbocycles. The standard InChI is InChI=1S/C31H37N11O2/c1-20-7-13-44-31-24(16-34-39(31)3)30-32-8-6-27(36-30)35-28-14-26-23(15-33-28)29(37-42(20)26)25-5-4-21(38(25)2)17-40-9-11-41(12-10-40)22-18-43-19-22/h4-6,8,14-16,20,22H,7,9-13,17-19H2,1-3H3,(H,32,33,35,36)/t20-/m0/s1. The van der Waals surface area contributed by atoms with E-state index >= 15 is 0 Å². The maximum atomic E-state index is 6.27. The molecule has 13 heteroatoms. The molecule has 1 atom stereocenters. The monoisotopic (exact) mass is 595 g/mol. The lowest BCUT2D eigenvalue weighted by molar-refractivity contribution is -0.0775. The number of nitrogens with one attached hydrogen (secondary N) is 1. The molecule has 5 aromatic rings. The molecule has 8 rings (SSSR count). The van der Waals surface area contributed by atoms with Crippen molar-refractivity contribution in [1.82, 2.24) is 48.9 Å². The van der Waals surface area contributed by atoms with Crippen molar-refractivity contribution < 1.29 is 9.47 Å². The summed E-state index contributed by atoms with van der Waals surface area (Å²) in [5.41, 5.74) is 5.05. The lowest BCUT2D eigenvalue weighted by atomic mass is 10.2. The first-order valence-corrected chi connectivity index (χ1v) is 15.3. The lowest BCUT2D eigenvalue weighted by Gasteiger charge is -2.42. The van der Waals surface area contributed by atoms with E-state index in [1.165, 1.54) is 5.69 Å². The third-order valence-corrected chi connectivity index (χ3v) is 9.22. The zero-order valence-corrected chi connectivity index (χ0v) is 25.3. The number of hydrogen-bond acceptors (Lipinski definition) is 10. The zero-order valence-electron chi connectivity index (χ0n) is 25.3. The summed E-state index contributed by atoms with van der Waals surface area (Å²) in [6, 6.07) is 9.00. The van der Waals surface area contributed by atoms with Crippen LogP contribution in [0.15, 0.2) is 42.9 Å². The maximum Gasteiger partial charge on any atom is 0.222 e. The molecule has 2 fully saturated rings. The van der Waals surface area contributed by atoms with Crippen LogP contribution in [-0.4, -0.2) is 101 Å². The highest BCUT2D eigenvalue weighted by Crippen LogP contribution is 2.34. The quantitative estimate of drug-likeness (QED) is 0.332. The van der Waals surface area contributed by atoms with Gasteiger partial charge in [0.1, 0.15) is 22.9 Å². The van der Waals surface area contributed by atoms with Gasteiger partial charge >= 0.3 is 0 Å². The topological polar surface area (TPSA) is 116 Å². The van der Waals surface area contributed by atoms with Crippen LogP contribution in [0.2, 0.25) is 0 Å². The number of aromatic nitrogens is 8. The van der Waals surface area contributed by atoms with Gasteiger partial charge in [0.05, 0.1) is 49.3 Å². The number of ether oxygens (including phenoxy) is 2. The molecular weight excluding hydrogens is 558 g/mol. The molecule has 0 unspecified atom stereocenters. The minimum atomic E-state index is 0.0762. The van der Waals surface area contributed by atoms with Crippen molar-refractivity contribution in [3.8, 4) is 28.7 Å². The number of hydrogen-bond donors (Lipinski definition) is 1. The first kappa shape index (κ1) is 27.2. The first-order chi connectivity index (χ1) is 21.5. The second kappa shape index (κ2) is 11.0. The Bertz CT molecular complexity index is 1810. The zero-order chi connectivity index (χ0) is 29.8. The van der Waals surface area contributed by atoms with E-state index in [-0.39, 0.29) is 6.04 Å². The third kappa shape index (κ3) is 4.81. The number of fused-ring (bicyclic) bond motifs is 5. The van der Waals surface area contributed by atoms with Gasteiger partial charge in [0.15, 0.2) is 5.82 Å². The van der Waals surface area contributed by atoms with Crippen LogP contribution in [0.3, 0.4) is 0 Å². The molecule has 1 N–H and O–H groups in total. The normalized spacial score (nSPS) is 19.8. The van der Waals surface area contributed by atoms with Crippen molar-refractivity contribution in [2.75, 3.05) is 51.3 Å². The van der Waals surface area contributed by atoms with Crippen LogP contribution in [0.25, 0.3) is 33.7 Å². The molecular formula is C31H37N11O2. The lowest BCUT2D eigenvalue weighted by Crippen LogP contribution is -2.56. The van der Waals surface area contributed by atoms with Crippen molar-refractivity contribution in [3.05, 3.63) is 48.5 Å². The van der Waals surface area contributed by atoms with E-state index in [4.69, 9.17) is 24.5 Å². The predicted octanol–water partition coefficient (Wildman–Crippen LogP) is 3.23. The number of pyridine rings is 1. The molecule has 2 saturated heterocycles. The minimum absolute atomic E-state index is 0.0762. The van der Waals surface area contributed by atoms with E-state index in [1.807, 2.05) is 19.3 Å². The molecule has 0 amide bonds. The number of aryl methyl sites for hydroxylation is 1. The molecule has 3 aliphatic rings. The van der Waals surface area contributed by atoms with Gasteiger partial charge in [-0.3, -0.25) is 14.5 Å². The highest BCUT2D eigenvalue weighted by molar-refractivity contribution is 5.93. The number of anilines is 2. The molecule has 3 aliphatic heterocycles. The second-order valence-electron chi connectivity index (χ2n) is 12.0. The highest BCUT2D eigenvalue weighted by atomic mass is 16.5. The average molecular weight is 596 g/mol. The van der Waals surface area contributed by atoms with Gasteiger partial charge in [-0.25, -0.2) is 19.6 Å². The molecule has 4 bridgehead atoms. The van der Waals surface area contributed by atoms with Gasteiger partial charge in [-0.15, -0.1) is 0 Å². The molecule has 5 aromatic heterocycles. The summed E-state index contributed by atoms with van der Waals surface area (Å²) < 4.78 is 17.8. The van der Waals surface area contributed by atoms with Gasteiger partial charge in [-0.2, -0.15) is 10.2 Å². The molecule has 13 nitrogen and oxygen atoms in total. The fourth-order valence-corrected chi connectivity index (χ4v) is 6.41. The van der Waals surface area contributed by atoms with E-state index in [1.54, 1.807) is 17.1 Å². The Morgan fingerprint density at radius 1 is 1.00 bits per heavy atom. The summed E-state index contributed by atoms with van der Waals surface area (Å²) in [4.78, 5) is 19.1. The SMILES string of the molecule is C[C@H]1CCOc2c(cnn2C)-c2nccc(n2)Nc2cc3c(cn2)c(-c2ccc(CN4CCN(C5COC5)CC4)n2C)nn31. The first-order valence-electron chi connectivity index (χ1n) is 15.3. The number of rotatable bonds is 4. The molecule has 0 saturated carbocycles. The van der Waals surface area contributed by atoms with Gasteiger partial charge < -0.3 is 19.4 Å². The van der Waals surface area contributed by atoms with Crippen LogP contribution in [0, 0.1) is 0 Å². The summed E-state index contributed by atoms with van der Waals surface area (Å²) >= 11 is 0. The molecule has 228 valence electrons. The Hall–Kier alpha value is -4.33. The Balaban J connectivity index is 1.11. The van der Waals surface area contributed by atoms with Crippen molar-refractivity contribution in [2.45, 2.75) is 32.0 Å². The summed E-state index contributed by atoms with van der Waals surface area (Å²) in [6.45, 7) is 9.70. The smallest absolute Gasteiger partial charge is 0.222 e. The molecule has 8 heterocycles. The Labute approximate surface area is 255 Å². The van der Waals surface area contributed by atoms with Gasteiger partial charge in [0, 0.05) is 82.8 Å². The van der Waals surface area contributed by atoms with Gasteiger partial charge in [-0.05, 0) is 25.1 Å². The van der Waals surface area contributed by atoms with Crippen LogP contribution in [0.1, 0.15) is 25.1 Å². The fourth-order valence-electron chi connectivity index (χ4n) is 6.41. The van der Waals surface area contributed by atoms with Crippen LogP contribution >= 0.6 is 0 Å². The molecule has 0 aliphatic carbocycles. The van der Waals surface area contributed by atoms with Crippen molar-refractivity contribution in [1.29, 1.82) is 0 Å². The Kier molecular flexibility index (Phi) is 6.80. The Morgan fingerprint density at radius 3 is 2.68 bits per heavy atom. The summed E-state index contributed by atoms with van der Waals surface area (Å²) in [5.74, 6) is 2.53. The average Bonchev–Trinajstić information content (AvgIpc) is 3.67. The minimum Gasteiger partial charge on any atom is -0.477 e. The maximum absolute atomic E-state index is 6.27. The number of piperazine rings is 1. The van der Waals surface area contributed by atoms with E-state index in [9.17, 15) is 0 Å². The molecule has 44 heavy (non-hydrogen) atoms. The predicted molar refractivity (Wildman–Crippen MR) is 166 cm³/mol. The van der Waals surface area contributed by atoms with Gasteiger partial charge in [0.25, 0.3) is 0 Å². The van der Waals surface area contributed by atoms with Crippen LogP contribution in [-0.2, 0) is 25.4 Å². The van der Waals surface area contributed by atoms with E-state index < -0.39 is 0 Å². The summed E-state index contributed by atoms with van der Waals surface area (Å²) in [5, 5.41) is 14.0. The second-order valence-corrected chi connectivity index (χ2v) is 12.0. The fraction of sp³-hybridized carbons (Fsp3) is 0.452. The van der Waals surface area contributed by atoms with Crippen LogP contribution in [0.5, 0.6) is 5.88 Å². The van der Waals surface area contributed by atoms with Crippen molar-refractivity contribution in [3.63, 3.8) is 0 Å².